The molecule has 0 bridgehead atoms. The predicted octanol–water partition coefficient (Wildman–Crippen LogP) is 3.35. The van der Waals surface area contributed by atoms with Gasteiger partial charge in [-0.3, -0.25) is 0 Å². The SMILES string of the molecule is Fc1cc(Cl)c(N=C=S)cc1F. The van der Waals surface area contributed by atoms with Gasteiger partial charge in [-0.15, -0.1) is 0 Å². The smallest absolute Gasteiger partial charge is 0.161 e. The number of rotatable bonds is 1. The van der Waals surface area contributed by atoms with E-state index in [9.17, 15) is 8.78 Å². The van der Waals surface area contributed by atoms with Gasteiger partial charge in [0.25, 0.3) is 0 Å². The van der Waals surface area contributed by atoms with Crippen LogP contribution in [0.25, 0.3) is 0 Å². The van der Waals surface area contributed by atoms with E-state index < -0.39 is 11.6 Å². The normalized spacial score (nSPS) is 9.25. The average molecular weight is 206 g/mol. The maximum atomic E-state index is 12.5. The number of nitrogens with zero attached hydrogens (tertiary/aromatic N) is 1. The lowest BCUT2D eigenvalue weighted by Crippen LogP contribution is -1.82. The van der Waals surface area contributed by atoms with Crippen LogP contribution in [-0.4, -0.2) is 5.16 Å². The maximum Gasteiger partial charge on any atom is 0.161 e. The fraction of sp³-hybridized carbons (Fsp3) is 0. The van der Waals surface area contributed by atoms with Crippen LogP contribution in [0.4, 0.5) is 14.5 Å². The molecule has 0 aliphatic rings. The summed E-state index contributed by atoms with van der Waals surface area (Å²) in [5, 5.41) is 2.01. The summed E-state index contributed by atoms with van der Waals surface area (Å²) < 4.78 is 25.0. The van der Waals surface area contributed by atoms with Gasteiger partial charge in [-0.25, -0.2) is 8.78 Å². The van der Waals surface area contributed by atoms with Gasteiger partial charge in [0.15, 0.2) is 11.6 Å². The lowest BCUT2D eigenvalue weighted by Gasteiger charge is -1.96. The quantitative estimate of drug-likeness (QED) is 0.389. The summed E-state index contributed by atoms with van der Waals surface area (Å²) >= 11 is 9.77. The summed E-state index contributed by atoms with van der Waals surface area (Å²) in [5.74, 6) is -2.02. The Labute approximate surface area is 77.7 Å². The molecule has 0 aliphatic heterocycles. The highest BCUT2D eigenvalue weighted by Gasteiger charge is 2.06. The molecule has 1 aromatic carbocycles. The van der Waals surface area contributed by atoms with E-state index in [4.69, 9.17) is 11.6 Å². The van der Waals surface area contributed by atoms with Gasteiger partial charge in [0.1, 0.15) is 0 Å². The number of aliphatic imine (C=N–C) groups is 1. The van der Waals surface area contributed by atoms with Gasteiger partial charge in [-0.2, -0.15) is 4.99 Å². The van der Waals surface area contributed by atoms with E-state index in [1.165, 1.54) is 0 Å². The van der Waals surface area contributed by atoms with Crippen molar-refractivity contribution in [3.05, 3.63) is 28.8 Å². The zero-order valence-electron chi connectivity index (χ0n) is 5.64. The lowest BCUT2D eigenvalue weighted by molar-refractivity contribution is 0.509. The van der Waals surface area contributed by atoms with E-state index in [0.29, 0.717) is 0 Å². The minimum atomic E-state index is -1.01. The molecule has 0 spiro atoms. The Balaban J connectivity index is 3.32. The van der Waals surface area contributed by atoms with Crippen LogP contribution in [0.3, 0.4) is 0 Å². The van der Waals surface area contributed by atoms with Gasteiger partial charge in [-0.05, 0) is 18.3 Å². The van der Waals surface area contributed by atoms with Crippen molar-refractivity contribution in [2.45, 2.75) is 0 Å². The van der Waals surface area contributed by atoms with E-state index in [1.807, 2.05) is 5.16 Å². The number of halogens is 3. The zero-order chi connectivity index (χ0) is 9.14. The highest BCUT2D eigenvalue weighted by molar-refractivity contribution is 7.78. The van der Waals surface area contributed by atoms with Crippen LogP contribution in [0.2, 0.25) is 5.02 Å². The fourth-order valence-corrected chi connectivity index (χ4v) is 0.938. The number of thiocarbonyl (C=S) groups is 1. The maximum absolute atomic E-state index is 12.5. The van der Waals surface area contributed by atoms with Gasteiger partial charge in [0.05, 0.1) is 15.9 Å². The molecular weight excluding hydrogens is 204 g/mol. The first kappa shape index (κ1) is 9.26. The molecule has 1 rings (SSSR count). The second-order valence-corrected chi connectivity index (χ2v) is 2.51. The Bertz CT molecular complexity index is 361. The van der Waals surface area contributed by atoms with Crippen molar-refractivity contribution in [1.82, 2.24) is 0 Å². The topological polar surface area (TPSA) is 12.4 Å². The van der Waals surface area contributed by atoms with E-state index in [1.54, 1.807) is 0 Å². The van der Waals surface area contributed by atoms with E-state index in [0.717, 1.165) is 12.1 Å². The fourth-order valence-electron chi connectivity index (χ4n) is 0.647. The zero-order valence-corrected chi connectivity index (χ0v) is 7.22. The van der Waals surface area contributed by atoms with Crippen LogP contribution in [-0.2, 0) is 0 Å². The van der Waals surface area contributed by atoms with Crippen molar-refractivity contribution in [3.8, 4) is 0 Å². The largest absolute Gasteiger partial charge is 0.204 e. The minimum absolute atomic E-state index is 0.00579. The molecule has 0 fully saturated rings. The van der Waals surface area contributed by atoms with Crippen molar-refractivity contribution < 1.29 is 8.78 Å². The van der Waals surface area contributed by atoms with E-state index in [-0.39, 0.29) is 10.7 Å². The standard InChI is InChI=1S/C7H2ClF2NS/c8-4-1-5(9)6(10)2-7(4)11-3-12/h1-2H. The van der Waals surface area contributed by atoms with Gasteiger partial charge < -0.3 is 0 Å². The molecular formula is C7H2ClF2NS. The van der Waals surface area contributed by atoms with Gasteiger partial charge in [0, 0.05) is 6.07 Å². The summed E-state index contributed by atoms with van der Waals surface area (Å²) in [6.07, 6.45) is 0. The Morgan fingerprint density at radius 1 is 1.33 bits per heavy atom. The Kier molecular flexibility index (Phi) is 2.87. The van der Waals surface area contributed by atoms with Gasteiger partial charge in [0.2, 0.25) is 0 Å². The summed E-state index contributed by atoms with van der Waals surface area (Å²) in [7, 11) is 0. The second-order valence-electron chi connectivity index (χ2n) is 1.92. The third kappa shape index (κ3) is 1.85. The molecule has 0 radical (unpaired) electrons. The minimum Gasteiger partial charge on any atom is -0.204 e. The summed E-state index contributed by atoms with van der Waals surface area (Å²) in [6.45, 7) is 0. The molecule has 5 heteroatoms. The van der Waals surface area contributed by atoms with Crippen molar-refractivity contribution in [1.29, 1.82) is 0 Å². The first-order valence-electron chi connectivity index (χ1n) is 2.87. The molecule has 1 nitrogen and oxygen atoms in total. The molecule has 0 amide bonds. The molecule has 0 N–H and O–H groups in total. The summed E-state index contributed by atoms with van der Waals surface area (Å²) in [6, 6.07) is 1.69. The highest BCUT2D eigenvalue weighted by atomic mass is 35.5. The predicted molar refractivity (Wildman–Crippen MR) is 46.1 cm³/mol. The van der Waals surface area contributed by atoms with E-state index >= 15 is 0 Å². The van der Waals surface area contributed by atoms with Crippen molar-refractivity contribution in [2.24, 2.45) is 4.99 Å². The number of hydrogen-bond donors (Lipinski definition) is 0. The first-order valence-corrected chi connectivity index (χ1v) is 3.66. The van der Waals surface area contributed by atoms with Crippen molar-refractivity contribution >= 4 is 34.7 Å². The van der Waals surface area contributed by atoms with Crippen LogP contribution >= 0.6 is 23.8 Å². The van der Waals surface area contributed by atoms with Crippen LogP contribution in [0.5, 0.6) is 0 Å². The Morgan fingerprint density at radius 2 is 1.92 bits per heavy atom. The van der Waals surface area contributed by atoms with Crippen LogP contribution in [0.1, 0.15) is 0 Å². The molecule has 0 saturated carbocycles. The van der Waals surface area contributed by atoms with Crippen LogP contribution in [0, 0.1) is 11.6 Å². The first-order chi connectivity index (χ1) is 5.65. The third-order valence-corrected chi connectivity index (χ3v) is 1.55. The molecule has 0 unspecified atom stereocenters. The summed E-state index contributed by atoms with van der Waals surface area (Å²) in [5.41, 5.74) is 0.0746. The van der Waals surface area contributed by atoms with Crippen molar-refractivity contribution in [2.75, 3.05) is 0 Å². The van der Waals surface area contributed by atoms with Gasteiger partial charge >= 0.3 is 0 Å². The number of hydrogen-bond acceptors (Lipinski definition) is 2. The van der Waals surface area contributed by atoms with E-state index in [2.05, 4.69) is 17.2 Å². The number of benzene rings is 1. The Morgan fingerprint density at radius 3 is 2.50 bits per heavy atom. The molecule has 1 aromatic rings. The second kappa shape index (κ2) is 3.72. The Hall–Kier alpha value is -0.830. The monoisotopic (exact) mass is 205 g/mol. The summed E-state index contributed by atoms with van der Waals surface area (Å²) in [4.78, 5) is 3.43. The highest BCUT2D eigenvalue weighted by Crippen LogP contribution is 2.26. The average Bonchev–Trinajstić information content (AvgIpc) is 2.01. The lowest BCUT2D eigenvalue weighted by atomic mass is 10.3. The molecule has 0 heterocycles. The molecule has 62 valence electrons. The molecule has 0 aromatic heterocycles. The molecule has 0 saturated heterocycles. The van der Waals surface area contributed by atoms with Crippen LogP contribution in [0.15, 0.2) is 17.1 Å². The molecule has 12 heavy (non-hydrogen) atoms. The van der Waals surface area contributed by atoms with Crippen LogP contribution < -0.4 is 0 Å². The third-order valence-electron chi connectivity index (χ3n) is 1.16. The number of isothiocyanates is 1. The molecule has 0 aliphatic carbocycles. The molecule has 0 atom stereocenters. The van der Waals surface area contributed by atoms with Gasteiger partial charge in [-0.1, -0.05) is 11.6 Å². The van der Waals surface area contributed by atoms with Crippen molar-refractivity contribution in [3.63, 3.8) is 0 Å².